The number of aromatic nitrogens is 1. The van der Waals surface area contributed by atoms with Crippen molar-refractivity contribution in [2.75, 3.05) is 26.2 Å². The SMILES string of the molecule is CCN(CC)C(=O)NC1CCN(C(=O)c2ccc(-n3cccc3)cc2)CC1. The minimum Gasteiger partial charge on any atom is -0.338 e. The van der Waals surface area contributed by atoms with Crippen molar-refractivity contribution in [2.45, 2.75) is 32.7 Å². The van der Waals surface area contributed by atoms with Crippen LogP contribution in [-0.4, -0.2) is 58.5 Å². The van der Waals surface area contributed by atoms with Gasteiger partial charge in [0.05, 0.1) is 0 Å². The number of nitrogens with zero attached hydrogens (tertiary/aromatic N) is 3. The molecule has 3 rings (SSSR count). The quantitative estimate of drug-likeness (QED) is 0.881. The van der Waals surface area contributed by atoms with E-state index in [1.807, 2.05) is 72.1 Å². The van der Waals surface area contributed by atoms with Crippen molar-refractivity contribution in [2.24, 2.45) is 0 Å². The maximum Gasteiger partial charge on any atom is 0.317 e. The van der Waals surface area contributed by atoms with E-state index in [-0.39, 0.29) is 18.0 Å². The highest BCUT2D eigenvalue weighted by Gasteiger charge is 2.25. The molecule has 0 saturated carbocycles. The zero-order chi connectivity index (χ0) is 19.2. The molecule has 0 unspecified atom stereocenters. The van der Waals surface area contributed by atoms with Gasteiger partial charge < -0.3 is 19.7 Å². The highest BCUT2D eigenvalue weighted by molar-refractivity contribution is 5.94. The van der Waals surface area contributed by atoms with Gasteiger partial charge in [0, 0.05) is 55.9 Å². The summed E-state index contributed by atoms with van der Waals surface area (Å²) in [5, 5.41) is 3.09. The molecule has 1 aliphatic rings. The van der Waals surface area contributed by atoms with Gasteiger partial charge in [-0.15, -0.1) is 0 Å². The number of carbonyl (C=O) groups is 2. The monoisotopic (exact) mass is 368 g/mol. The Morgan fingerprint density at radius 3 is 2.19 bits per heavy atom. The van der Waals surface area contributed by atoms with E-state index in [1.165, 1.54) is 0 Å². The lowest BCUT2D eigenvalue weighted by Gasteiger charge is -2.33. The molecule has 1 saturated heterocycles. The lowest BCUT2D eigenvalue weighted by molar-refractivity contribution is 0.0706. The van der Waals surface area contributed by atoms with E-state index < -0.39 is 0 Å². The van der Waals surface area contributed by atoms with Gasteiger partial charge in [-0.05, 0) is 63.1 Å². The average molecular weight is 368 g/mol. The van der Waals surface area contributed by atoms with Crippen molar-refractivity contribution >= 4 is 11.9 Å². The predicted octanol–water partition coefficient (Wildman–Crippen LogP) is 3.13. The van der Waals surface area contributed by atoms with Gasteiger partial charge in [0.2, 0.25) is 0 Å². The third kappa shape index (κ3) is 4.51. The van der Waals surface area contributed by atoms with Crippen LogP contribution in [0.3, 0.4) is 0 Å². The summed E-state index contributed by atoms with van der Waals surface area (Å²) >= 11 is 0. The predicted molar refractivity (Wildman–Crippen MR) is 106 cm³/mol. The number of urea groups is 1. The second kappa shape index (κ2) is 8.75. The van der Waals surface area contributed by atoms with Gasteiger partial charge in [-0.2, -0.15) is 0 Å². The first-order valence-corrected chi connectivity index (χ1v) is 9.70. The van der Waals surface area contributed by atoms with E-state index in [0.29, 0.717) is 31.7 Å². The Hall–Kier alpha value is -2.76. The third-order valence-corrected chi connectivity index (χ3v) is 5.18. The largest absolute Gasteiger partial charge is 0.338 e. The molecule has 1 aromatic heterocycles. The standard InChI is InChI=1S/C21H28N4O2/c1-3-23(4-2)21(27)22-18-11-15-25(16-12-18)20(26)17-7-9-19(10-8-17)24-13-5-6-14-24/h5-10,13-14,18H,3-4,11-12,15-16H2,1-2H3,(H,22,27). The Balaban J connectivity index is 1.53. The number of hydrogen-bond donors (Lipinski definition) is 1. The lowest BCUT2D eigenvalue weighted by atomic mass is 10.0. The second-order valence-electron chi connectivity index (χ2n) is 6.83. The van der Waals surface area contributed by atoms with Crippen molar-refractivity contribution in [1.29, 1.82) is 0 Å². The number of likely N-dealkylation sites (tertiary alicyclic amines) is 1. The third-order valence-electron chi connectivity index (χ3n) is 5.18. The summed E-state index contributed by atoms with van der Waals surface area (Å²) < 4.78 is 2.01. The molecule has 0 atom stereocenters. The molecule has 1 aromatic carbocycles. The number of nitrogens with one attached hydrogen (secondary N) is 1. The molecule has 0 spiro atoms. The fourth-order valence-electron chi connectivity index (χ4n) is 3.47. The van der Waals surface area contributed by atoms with Crippen molar-refractivity contribution in [3.63, 3.8) is 0 Å². The molecule has 2 aromatic rings. The number of rotatable bonds is 5. The van der Waals surface area contributed by atoms with E-state index in [1.54, 1.807) is 4.90 Å². The van der Waals surface area contributed by atoms with E-state index in [9.17, 15) is 9.59 Å². The Bertz CT molecular complexity index is 743. The minimum atomic E-state index is -0.00891. The topological polar surface area (TPSA) is 57.6 Å². The average Bonchev–Trinajstić information content (AvgIpc) is 3.24. The molecule has 27 heavy (non-hydrogen) atoms. The molecule has 144 valence electrons. The molecule has 1 fully saturated rings. The van der Waals surface area contributed by atoms with Crippen LogP contribution < -0.4 is 5.32 Å². The van der Waals surface area contributed by atoms with Crippen molar-refractivity contribution in [3.8, 4) is 5.69 Å². The maximum atomic E-state index is 12.8. The summed E-state index contributed by atoms with van der Waals surface area (Å²) in [4.78, 5) is 28.6. The number of carbonyl (C=O) groups excluding carboxylic acids is 2. The number of benzene rings is 1. The van der Waals surface area contributed by atoms with Crippen LogP contribution in [0.25, 0.3) is 5.69 Å². The zero-order valence-electron chi connectivity index (χ0n) is 16.1. The van der Waals surface area contributed by atoms with Crippen molar-refractivity contribution in [1.82, 2.24) is 19.7 Å². The smallest absolute Gasteiger partial charge is 0.317 e. The van der Waals surface area contributed by atoms with Crippen molar-refractivity contribution < 1.29 is 9.59 Å². The van der Waals surface area contributed by atoms with Crippen LogP contribution in [0.5, 0.6) is 0 Å². The van der Waals surface area contributed by atoms with Gasteiger partial charge in [-0.3, -0.25) is 4.79 Å². The summed E-state index contributed by atoms with van der Waals surface area (Å²) in [5.74, 6) is 0.0579. The van der Waals surface area contributed by atoms with Crippen LogP contribution in [0.15, 0.2) is 48.8 Å². The van der Waals surface area contributed by atoms with Crippen LogP contribution in [0.2, 0.25) is 0 Å². The molecule has 3 amide bonds. The van der Waals surface area contributed by atoms with Crippen LogP contribution in [-0.2, 0) is 0 Å². The van der Waals surface area contributed by atoms with Gasteiger partial charge >= 0.3 is 6.03 Å². The number of piperidine rings is 1. The first-order chi connectivity index (χ1) is 13.1. The van der Waals surface area contributed by atoms with Gasteiger partial charge in [-0.1, -0.05) is 0 Å². The molecule has 0 bridgehead atoms. The molecule has 6 nitrogen and oxygen atoms in total. The Morgan fingerprint density at radius 1 is 1.04 bits per heavy atom. The number of amides is 3. The van der Waals surface area contributed by atoms with Gasteiger partial charge in [-0.25, -0.2) is 4.79 Å². The molecule has 0 aliphatic carbocycles. The van der Waals surface area contributed by atoms with Crippen LogP contribution in [0, 0.1) is 0 Å². The van der Waals surface area contributed by atoms with E-state index in [4.69, 9.17) is 0 Å². The first-order valence-electron chi connectivity index (χ1n) is 9.70. The van der Waals surface area contributed by atoms with E-state index >= 15 is 0 Å². The van der Waals surface area contributed by atoms with Crippen LogP contribution in [0.4, 0.5) is 4.79 Å². The summed E-state index contributed by atoms with van der Waals surface area (Å²) in [5.41, 5.74) is 1.74. The van der Waals surface area contributed by atoms with E-state index in [2.05, 4.69) is 5.32 Å². The zero-order valence-corrected chi connectivity index (χ0v) is 16.1. The molecule has 2 heterocycles. The highest BCUT2D eigenvalue weighted by atomic mass is 16.2. The highest BCUT2D eigenvalue weighted by Crippen LogP contribution is 2.16. The van der Waals surface area contributed by atoms with Gasteiger partial charge in [0.15, 0.2) is 0 Å². The molecular weight excluding hydrogens is 340 g/mol. The maximum absolute atomic E-state index is 12.8. The van der Waals surface area contributed by atoms with Crippen LogP contribution >= 0.6 is 0 Å². The Labute approximate surface area is 160 Å². The molecule has 0 radical (unpaired) electrons. The lowest BCUT2D eigenvalue weighted by Crippen LogP contribution is -2.50. The summed E-state index contributed by atoms with van der Waals surface area (Å²) in [7, 11) is 0. The molecular formula is C21H28N4O2. The van der Waals surface area contributed by atoms with Gasteiger partial charge in [0.1, 0.15) is 0 Å². The van der Waals surface area contributed by atoms with Gasteiger partial charge in [0.25, 0.3) is 5.91 Å². The van der Waals surface area contributed by atoms with Crippen molar-refractivity contribution in [3.05, 3.63) is 54.4 Å². The fourth-order valence-corrected chi connectivity index (χ4v) is 3.47. The second-order valence-corrected chi connectivity index (χ2v) is 6.83. The summed E-state index contributed by atoms with van der Waals surface area (Å²) in [6.45, 7) is 6.71. The minimum absolute atomic E-state index is 0.00891. The van der Waals surface area contributed by atoms with E-state index in [0.717, 1.165) is 18.5 Å². The Morgan fingerprint density at radius 2 is 1.63 bits per heavy atom. The fraction of sp³-hybridized carbons (Fsp3) is 0.429. The molecule has 1 aliphatic heterocycles. The molecule has 6 heteroatoms. The summed E-state index contributed by atoms with van der Waals surface area (Å²) in [6.07, 6.45) is 5.54. The number of hydrogen-bond acceptors (Lipinski definition) is 2. The summed E-state index contributed by atoms with van der Waals surface area (Å²) in [6, 6.07) is 11.8. The first kappa shape index (κ1) is 19.0. The normalized spacial score (nSPS) is 14.8. The van der Waals surface area contributed by atoms with Crippen LogP contribution in [0.1, 0.15) is 37.0 Å². The molecule has 1 N–H and O–H groups in total. The Kier molecular flexibility index (Phi) is 6.16.